The number of benzene rings is 2. The second-order valence-corrected chi connectivity index (χ2v) is 5.97. The molecule has 24 heavy (non-hydrogen) atoms. The monoisotopic (exact) mass is 311 g/mol. The van der Waals surface area contributed by atoms with Gasteiger partial charge < -0.3 is 0 Å². The number of pyridine rings is 1. The highest BCUT2D eigenvalue weighted by Gasteiger charge is 1.97. The van der Waals surface area contributed by atoms with Crippen LogP contribution in [-0.2, 0) is 0 Å². The van der Waals surface area contributed by atoms with Gasteiger partial charge in [0.05, 0.1) is 5.69 Å². The topological polar surface area (TPSA) is 12.9 Å². The summed E-state index contributed by atoms with van der Waals surface area (Å²) in [6, 6.07) is 21.1. The molecule has 0 atom stereocenters. The van der Waals surface area contributed by atoms with E-state index >= 15 is 0 Å². The van der Waals surface area contributed by atoms with Gasteiger partial charge in [-0.1, -0.05) is 84.0 Å². The average molecular weight is 311 g/mol. The van der Waals surface area contributed by atoms with E-state index in [9.17, 15) is 0 Å². The van der Waals surface area contributed by atoms with Gasteiger partial charge in [0.2, 0.25) is 0 Å². The van der Waals surface area contributed by atoms with Crippen molar-refractivity contribution in [3.05, 3.63) is 100 Å². The smallest absolute Gasteiger partial charge is 0.0702 e. The Morgan fingerprint density at radius 1 is 0.625 bits per heavy atom. The molecule has 0 unspecified atom stereocenters. The third-order valence-corrected chi connectivity index (χ3v) is 3.91. The van der Waals surface area contributed by atoms with Crippen LogP contribution in [-0.4, -0.2) is 4.98 Å². The van der Waals surface area contributed by atoms with Crippen molar-refractivity contribution in [1.82, 2.24) is 4.98 Å². The Kier molecular flexibility index (Phi) is 5.02. The Hall–Kier alpha value is -2.93. The summed E-state index contributed by atoms with van der Waals surface area (Å²) in [6.45, 7) is 4.20. The molecule has 1 aromatic heterocycles. The van der Waals surface area contributed by atoms with Gasteiger partial charge in [-0.3, -0.25) is 4.98 Å². The highest BCUT2D eigenvalue weighted by Crippen LogP contribution is 2.15. The van der Waals surface area contributed by atoms with Crippen LogP contribution in [0.1, 0.15) is 33.5 Å². The molecule has 0 saturated carbocycles. The molecule has 0 saturated heterocycles. The van der Waals surface area contributed by atoms with Crippen molar-refractivity contribution in [3.8, 4) is 0 Å². The molecular weight excluding hydrogens is 290 g/mol. The van der Waals surface area contributed by atoms with Crippen LogP contribution in [0.4, 0.5) is 0 Å². The first-order valence-electron chi connectivity index (χ1n) is 8.15. The molecule has 1 heterocycles. The summed E-state index contributed by atoms with van der Waals surface area (Å²) >= 11 is 0. The van der Waals surface area contributed by atoms with Crippen LogP contribution < -0.4 is 0 Å². The van der Waals surface area contributed by atoms with Gasteiger partial charge >= 0.3 is 0 Å². The first kappa shape index (κ1) is 15.9. The van der Waals surface area contributed by atoms with E-state index in [2.05, 4.69) is 97.7 Å². The van der Waals surface area contributed by atoms with Gasteiger partial charge in [0.1, 0.15) is 0 Å². The SMILES string of the molecule is Cc1ccc(/C=C/c2cccnc2/C=C/c2ccc(C)cc2)cc1. The molecule has 0 aliphatic rings. The van der Waals surface area contributed by atoms with E-state index in [1.807, 2.05) is 12.3 Å². The first-order valence-corrected chi connectivity index (χ1v) is 8.15. The summed E-state index contributed by atoms with van der Waals surface area (Å²) in [5.74, 6) is 0. The molecule has 0 aliphatic heterocycles. The third kappa shape index (κ3) is 4.30. The van der Waals surface area contributed by atoms with Gasteiger partial charge in [-0.25, -0.2) is 0 Å². The minimum absolute atomic E-state index is 0.974. The highest BCUT2D eigenvalue weighted by molar-refractivity contribution is 5.77. The number of nitrogens with zero attached hydrogens (tertiary/aromatic N) is 1. The van der Waals surface area contributed by atoms with Crippen LogP contribution >= 0.6 is 0 Å². The van der Waals surface area contributed by atoms with Crippen molar-refractivity contribution >= 4 is 24.3 Å². The molecule has 0 spiro atoms. The van der Waals surface area contributed by atoms with Crippen molar-refractivity contribution in [2.75, 3.05) is 0 Å². The standard InChI is InChI=1S/C23H21N/c1-18-5-9-20(10-6-18)13-15-22-4-3-17-24-23(22)16-14-21-11-7-19(2)8-12-21/h3-17H,1-2H3/b15-13+,16-14+. The van der Waals surface area contributed by atoms with E-state index in [0.29, 0.717) is 0 Å². The zero-order chi connectivity index (χ0) is 16.8. The minimum Gasteiger partial charge on any atom is -0.256 e. The fourth-order valence-corrected chi connectivity index (χ4v) is 2.43. The normalized spacial score (nSPS) is 11.4. The largest absolute Gasteiger partial charge is 0.256 e. The van der Waals surface area contributed by atoms with E-state index in [4.69, 9.17) is 0 Å². The van der Waals surface area contributed by atoms with E-state index in [1.54, 1.807) is 0 Å². The Balaban J connectivity index is 1.82. The van der Waals surface area contributed by atoms with Crippen LogP contribution in [0.2, 0.25) is 0 Å². The maximum atomic E-state index is 4.50. The average Bonchev–Trinajstić information content (AvgIpc) is 2.61. The molecule has 0 amide bonds. The molecule has 0 bridgehead atoms. The highest BCUT2D eigenvalue weighted by atomic mass is 14.7. The number of aryl methyl sites for hydroxylation is 2. The fraction of sp³-hybridized carbons (Fsp3) is 0.0870. The lowest BCUT2D eigenvalue weighted by atomic mass is 10.1. The van der Waals surface area contributed by atoms with E-state index in [0.717, 1.165) is 11.3 Å². The molecule has 0 N–H and O–H groups in total. The zero-order valence-corrected chi connectivity index (χ0v) is 14.1. The van der Waals surface area contributed by atoms with Crippen LogP contribution in [0.15, 0.2) is 66.9 Å². The Bertz CT molecular complexity index is 779. The summed E-state index contributed by atoms with van der Waals surface area (Å²) in [5, 5.41) is 0. The van der Waals surface area contributed by atoms with Crippen molar-refractivity contribution in [2.45, 2.75) is 13.8 Å². The van der Waals surface area contributed by atoms with Crippen molar-refractivity contribution in [2.24, 2.45) is 0 Å². The first-order chi connectivity index (χ1) is 11.7. The van der Waals surface area contributed by atoms with Gasteiger partial charge in [-0.2, -0.15) is 0 Å². The Morgan fingerprint density at radius 3 is 1.75 bits per heavy atom. The lowest BCUT2D eigenvalue weighted by Gasteiger charge is -2.01. The van der Waals surface area contributed by atoms with Gasteiger partial charge in [0.25, 0.3) is 0 Å². The van der Waals surface area contributed by atoms with Gasteiger partial charge in [0.15, 0.2) is 0 Å². The molecule has 3 rings (SSSR count). The minimum atomic E-state index is 0.974. The van der Waals surface area contributed by atoms with Crippen molar-refractivity contribution < 1.29 is 0 Å². The number of hydrogen-bond acceptors (Lipinski definition) is 1. The predicted octanol–water partition coefficient (Wildman–Crippen LogP) is 6.04. The van der Waals surface area contributed by atoms with Gasteiger partial charge in [-0.05, 0) is 37.1 Å². The second-order valence-electron chi connectivity index (χ2n) is 5.97. The molecular formula is C23H21N. The lowest BCUT2D eigenvalue weighted by molar-refractivity contribution is 1.28. The molecule has 0 fully saturated rings. The molecule has 0 aliphatic carbocycles. The molecule has 118 valence electrons. The predicted molar refractivity (Wildman–Crippen MR) is 104 cm³/mol. The maximum absolute atomic E-state index is 4.50. The number of aromatic nitrogens is 1. The van der Waals surface area contributed by atoms with Gasteiger partial charge in [-0.15, -0.1) is 0 Å². The molecule has 2 aromatic carbocycles. The van der Waals surface area contributed by atoms with Gasteiger partial charge in [0, 0.05) is 11.8 Å². The van der Waals surface area contributed by atoms with Crippen LogP contribution in [0.3, 0.4) is 0 Å². The number of hydrogen-bond donors (Lipinski definition) is 0. The van der Waals surface area contributed by atoms with Crippen LogP contribution in [0.25, 0.3) is 24.3 Å². The van der Waals surface area contributed by atoms with E-state index < -0.39 is 0 Å². The second kappa shape index (κ2) is 7.56. The fourth-order valence-electron chi connectivity index (χ4n) is 2.43. The third-order valence-electron chi connectivity index (χ3n) is 3.91. The van der Waals surface area contributed by atoms with E-state index in [1.165, 1.54) is 22.3 Å². The lowest BCUT2D eigenvalue weighted by Crippen LogP contribution is -1.85. The van der Waals surface area contributed by atoms with Crippen LogP contribution in [0.5, 0.6) is 0 Å². The molecule has 1 nitrogen and oxygen atoms in total. The van der Waals surface area contributed by atoms with E-state index in [-0.39, 0.29) is 0 Å². The number of rotatable bonds is 4. The molecule has 1 heteroatoms. The Labute approximate surface area is 144 Å². The summed E-state index contributed by atoms with van der Waals surface area (Å²) in [5.41, 5.74) is 7.00. The maximum Gasteiger partial charge on any atom is 0.0702 e. The molecule has 0 radical (unpaired) electrons. The van der Waals surface area contributed by atoms with Crippen molar-refractivity contribution in [1.29, 1.82) is 0 Å². The molecule has 3 aromatic rings. The summed E-state index contributed by atoms with van der Waals surface area (Å²) < 4.78 is 0. The summed E-state index contributed by atoms with van der Waals surface area (Å²) in [4.78, 5) is 4.50. The summed E-state index contributed by atoms with van der Waals surface area (Å²) in [6.07, 6.45) is 10.2. The summed E-state index contributed by atoms with van der Waals surface area (Å²) in [7, 11) is 0. The Morgan fingerprint density at radius 2 is 1.17 bits per heavy atom. The van der Waals surface area contributed by atoms with Crippen LogP contribution in [0, 0.1) is 13.8 Å². The van der Waals surface area contributed by atoms with Crippen molar-refractivity contribution in [3.63, 3.8) is 0 Å². The quantitative estimate of drug-likeness (QED) is 0.572. The zero-order valence-electron chi connectivity index (χ0n) is 14.1.